The number of halogens is 2. The van der Waals surface area contributed by atoms with Gasteiger partial charge in [-0.25, -0.2) is 0 Å². The Balaban J connectivity index is 3.22. The minimum atomic E-state index is 1.15. The fourth-order valence-corrected chi connectivity index (χ4v) is 1.31. The van der Waals surface area contributed by atoms with Crippen LogP contribution >= 0.6 is 45.2 Å². The van der Waals surface area contributed by atoms with E-state index in [1.807, 2.05) is 0 Å². The molecular formula is C4H6I2. The van der Waals surface area contributed by atoms with Crippen molar-refractivity contribution in [2.24, 2.45) is 0 Å². The first kappa shape index (κ1) is 7.20. The molecule has 0 aromatic rings. The van der Waals surface area contributed by atoms with Crippen LogP contribution in [0.3, 0.4) is 0 Å². The number of allylic oxidation sites excluding steroid dienone is 1. The first-order valence-corrected chi connectivity index (χ1v) is 4.40. The zero-order chi connectivity index (χ0) is 4.99. The Kier molecular flexibility index (Phi) is 5.23. The van der Waals surface area contributed by atoms with E-state index in [0.717, 1.165) is 4.43 Å². The lowest BCUT2D eigenvalue weighted by Crippen LogP contribution is -1.67. The molecule has 0 aliphatic rings. The Bertz CT molecular complexity index is 56.6. The van der Waals surface area contributed by atoms with Gasteiger partial charge in [0, 0.05) is 4.43 Å². The summed E-state index contributed by atoms with van der Waals surface area (Å²) in [6, 6.07) is 0. The standard InChI is InChI=1S/C4H6I2/c1-4(2-5)3-6/h2H,3H2,1H3. The number of hydrogen-bond acceptors (Lipinski definition) is 0. The maximum absolute atomic E-state index is 2.34. The third-order valence-electron chi connectivity index (χ3n) is 0.397. The quantitative estimate of drug-likeness (QED) is 0.516. The van der Waals surface area contributed by atoms with Crippen molar-refractivity contribution in [2.45, 2.75) is 6.92 Å². The van der Waals surface area contributed by atoms with Gasteiger partial charge < -0.3 is 0 Å². The number of alkyl halides is 1. The zero-order valence-corrected chi connectivity index (χ0v) is 7.86. The smallest absolute Gasteiger partial charge is 0.0210 e. The highest BCUT2D eigenvalue weighted by molar-refractivity contribution is 14.1. The van der Waals surface area contributed by atoms with Crippen molar-refractivity contribution >= 4 is 45.2 Å². The summed E-state index contributed by atoms with van der Waals surface area (Å²) in [5, 5.41) is 0. The lowest BCUT2D eigenvalue weighted by atomic mass is 10.4. The van der Waals surface area contributed by atoms with E-state index in [2.05, 4.69) is 56.2 Å². The summed E-state index contributed by atoms with van der Waals surface area (Å²) in [7, 11) is 0. The second-order valence-corrected chi connectivity index (χ2v) is 2.47. The molecule has 0 saturated heterocycles. The summed E-state index contributed by atoms with van der Waals surface area (Å²) in [4.78, 5) is 0. The van der Waals surface area contributed by atoms with Gasteiger partial charge in [-0.1, -0.05) is 50.8 Å². The number of rotatable bonds is 1. The largest absolute Gasteiger partial charge is 0.0815 e. The Morgan fingerprint density at radius 2 is 2.33 bits per heavy atom. The van der Waals surface area contributed by atoms with Crippen molar-refractivity contribution in [1.29, 1.82) is 0 Å². The van der Waals surface area contributed by atoms with Crippen LogP contribution < -0.4 is 0 Å². The van der Waals surface area contributed by atoms with Gasteiger partial charge in [-0.3, -0.25) is 0 Å². The Morgan fingerprint density at radius 3 is 2.33 bits per heavy atom. The van der Waals surface area contributed by atoms with Crippen molar-refractivity contribution < 1.29 is 0 Å². The van der Waals surface area contributed by atoms with Gasteiger partial charge >= 0.3 is 0 Å². The highest BCUT2D eigenvalue weighted by Crippen LogP contribution is 2.00. The predicted octanol–water partition coefficient (Wildman–Crippen LogP) is 2.76. The van der Waals surface area contributed by atoms with Gasteiger partial charge in [0.1, 0.15) is 0 Å². The van der Waals surface area contributed by atoms with Crippen LogP contribution in [0, 0.1) is 0 Å². The summed E-state index contributed by atoms with van der Waals surface area (Å²) >= 11 is 4.59. The molecule has 0 radical (unpaired) electrons. The molecule has 0 spiro atoms. The molecule has 0 aromatic heterocycles. The lowest BCUT2D eigenvalue weighted by molar-refractivity contribution is 1.47. The molecular weight excluding hydrogens is 302 g/mol. The summed E-state index contributed by atoms with van der Waals surface area (Å²) in [6.45, 7) is 2.12. The van der Waals surface area contributed by atoms with Gasteiger partial charge in [0.25, 0.3) is 0 Å². The van der Waals surface area contributed by atoms with E-state index >= 15 is 0 Å². The van der Waals surface area contributed by atoms with Gasteiger partial charge in [0.15, 0.2) is 0 Å². The highest BCUT2D eigenvalue weighted by Gasteiger charge is 1.75. The summed E-state index contributed by atoms with van der Waals surface area (Å²) in [6.07, 6.45) is 0. The monoisotopic (exact) mass is 308 g/mol. The fraction of sp³-hybridized carbons (Fsp3) is 0.500. The third kappa shape index (κ3) is 3.39. The predicted molar refractivity (Wildman–Crippen MR) is 46.7 cm³/mol. The van der Waals surface area contributed by atoms with E-state index in [1.165, 1.54) is 5.57 Å². The molecule has 0 atom stereocenters. The van der Waals surface area contributed by atoms with Crippen LogP contribution in [-0.4, -0.2) is 4.43 Å². The molecule has 0 heterocycles. The second-order valence-electron chi connectivity index (χ2n) is 1.09. The molecule has 0 rings (SSSR count). The Morgan fingerprint density at radius 1 is 1.83 bits per heavy atom. The van der Waals surface area contributed by atoms with Crippen molar-refractivity contribution in [3.63, 3.8) is 0 Å². The fourth-order valence-electron chi connectivity index (χ4n) is 0.0292. The maximum Gasteiger partial charge on any atom is 0.0210 e. The molecule has 0 nitrogen and oxygen atoms in total. The Hall–Kier alpha value is 1.20. The second kappa shape index (κ2) is 4.36. The molecule has 0 bridgehead atoms. The van der Waals surface area contributed by atoms with Crippen molar-refractivity contribution in [3.8, 4) is 0 Å². The number of hydrogen-bond donors (Lipinski definition) is 0. The van der Waals surface area contributed by atoms with E-state index < -0.39 is 0 Å². The first-order valence-electron chi connectivity index (χ1n) is 1.63. The minimum Gasteiger partial charge on any atom is -0.0815 e. The highest BCUT2D eigenvalue weighted by atomic mass is 127. The van der Waals surface area contributed by atoms with Crippen molar-refractivity contribution in [1.82, 2.24) is 0 Å². The zero-order valence-electron chi connectivity index (χ0n) is 3.54. The van der Waals surface area contributed by atoms with Crippen molar-refractivity contribution in [3.05, 3.63) is 9.66 Å². The van der Waals surface area contributed by atoms with Crippen LogP contribution in [0.5, 0.6) is 0 Å². The molecule has 2 heteroatoms. The molecule has 0 aromatic carbocycles. The summed E-state index contributed by atoms with van der Waals surface area (Å²) < 4.78 is 3.25. The molecule has 0 fully saturated rings. The van der Waals surface area contributed by atoms with Crippen LogP contribution in [0.2, 0.25) is 0 Å². The maximum atomic E-state index is 2.34. The average Bonchev–Trinajstić information content (AvgIpc) is 1.65. The van der Waals surface area contributed by atoms with Gasteiger partial charge in [0.05, 0.1) is 0 Å². The van der Waals surface area contributed by atoms with E-state index in [9.17, 15) is 0 Å². The van der Waals surface area contributed by atoms with E-state index in [0.29, 0.717) is 0 Å². The first-order chi connectivity index (χ1) is 2.81. The van der Waals surface area contributed by atoms with Crippen molar-refractivity contribution in [2.75, 3.05) is 4.43 Å². The molecule has 0 saturated carbocycles. The van der Waals surface area contributed by atoms with Crippen LogP contribution in [0.25, 0.3) is 0 Å². The van der Waals surface area contributed by atoms with Crippen LogP contribution in [-0.2, 0) is 0 Å². The molecule has 0 aliphatic heterocycles. The normalized spacial score (nSPS) is 12.2. The Labute approximate surface area is 65.7 Å². The minimum absolute atomic E-state index is 1.15. The van der Waals surface area contributed by atoms with Crippen LogP contribution in [0.4, 0.5) is 0 Å². The van der Waals surface area contributed by atoms with Crippen LogP contribution in [0.15, 0.2) is 9.66 Å². The van der Waals surface area contributed by atoms with E-state index in [4.69, 9.17) is 0 Å². The topological polar surface area (TPSA) is 0 Å². The molecule has 0 unspecified atom stereocenters. The lowest BCUT2D eigenvalue weighted by Gasteiger charge is -1.82. The molecule has 36 valence electrons. The van der Waals surface area contributed by atoms with Gasteiger partial charge in [-0.05, 0) is 11.0 Å². The van der Waals surface area contributed by atoms with Gasteiger partial charge in [0.2, 0.25) is 0 Å². The molecule has 0 aliphatic carbocycles. The molecule has 0 N–H and O–H groups in total. The van der Waals surface area contributed by atoms with Gasteiger partial charge in [-0.15, -0.1) is 0 Å². The van der Waals surface area contributed by atoms with E-state index in [-0.39, 0.29) is 0 Å². The third-order valence-corrected chi connectivity index (χ3v) is 2.66. The SMILES string of the molecule is CC(=CI)CI. The molecule has 0 amide bonds. The van der Waals surface area contributed by atoms with Crippen LogP contribution in [0.1, 0.15) is 6.92 Å². The van der Waals surface area contributed by atoms with Gasteiger partial charge in [-0.2, -0.15) is 0 Å². The summed E-state index contributed by atoms with van der Waals surface area (Å²) in [5.74, 6) is 0. The average molecular weight is 308 g/mol. The summed E-state index contributed by atoms with van der Waals surface area (Å²) in [5.41, 5.74) is 1.44. The van der Waals surface area contributed by atoms with E-state index in [1.54, 1.807) is 0 Å². The molecule has 6 heavy (non-hydrogen) atoms.